The van der Waals surface area contributed by atoms with Gasteiger partial charge in [0.15, 0.2) is 0 Å². The number of carbonyl (C=O) groups is 1. The molecule has 3 aromatic rings. The molecule has 2 aromatic carbocycles. The van der Waals surface area contributed by atoms with E-state index in [1.807, 2.05) is 6.07 Å². The largest absolute Gasteiger partial charge is 0.355 e. The molecule has 0 aliphatic rings. The second-order valence-electron chi connectivity index (χ2n) is 5.85. The number of anilines is 2. The fraction of sp³-hybridized carbons (Fsp3) is 0.150. The van der Waals surface area contributed by atoms with Gasteiger partial charge in [-0.15, -0.1) is 0 Å². The second-order valence-corrected chi connectivity index (χ2v) is 6.91. The Hall–Kier alpha value is -3.00. The van der Waals surface area contributed by atoms with Crippen molar-refractivity contribution < 1.29 is 13.6 Å². The van der Waals surface area contributed by atoms with E-state index in [9.17, 15) is 13.6 Å². The zero-order valence-electron chi connectivity index (χ0n) is 15.0. The van der Waals surface area contributed by atoms with E-state index in [0.29, 0.717) is 39.4 Å². The highest BCUT2D eigenvalue weighted by atomic mass is 32.2. The molecule has 0 aliphatic carbocycles. The van der Waals surface area contributed by atoms with Crippen molar-refractivity contribution in [1.82, 2.24) is 15.3 Å². The Labute approximate surface area is 165 Å². The van der Waals surface area contributed by atoms with Gasteiger partial charge >= 0.3 is 0 Å². The van der Waals surface area contributed by atoms with Gasteiger partial charge < -0.3 is 10.6 Å². The number of hydrogen-bond donors (Lipinski definition) is 2. The van der Waals surface area contributed by atoms with Crippen LogP contribution in [0.25, 0.3) is 0 Å². The topological polar surface area (TPSA) is 66.9 Å². The Kier molecular flexibility index (Phi) is 6.54. The van der Waals surface area contributed by atoms with E-state index < -0.39 is 5.76 Å². The maximum atomic E-state index is 12.6. The first-order chi connectivity index (χ1) is 13.5. The number of aromatic nitrogens is 2. The fourth-order valence-electron chi connectivity index (χ4n) is 2.53. The lowest BCUT2D eigenvalue weighted by molar-refractivity contribution is 0.0951. The molecular formula is C20H18F2N4OS. The fourth-order valence-corrected chi connectivity index (χ4v) is 3.03. The van der Waals surface area contributed by atoms with Gasteiger partial charge in [-0.05, 0) is 49.4 Å². The Morgan fingerprint density at radius 3 is 2.57 bits per heavy atom. The van der Waals surface area contributed by atoms with Crippen LogP contribution in [0.3, 0.4) is 0 Å². The first kappa shape index (κ1) is 19.8. The molecule has 2 N–H and O–H groups in total. The third-order valence-electron chi connectivity index (χ3n) is 3.79. The highest BCUT2D eigenvalue weighted by molar-refractivity contribution is 7.99. The Morgan fingerprint density at radius 1 is 1.11 bits per heavy atom. The van der Waals surface area contributed by atoms with Crippen LogP contribution in [0.2, 0.25) is 0 Å². The molecule has 0 aliphatic heterocycles. The third kappa shape index (κ3) is 5.50. The van der Waals surface area contributed by atoms with E-state index in [-0.39, 0.29) is 12.5 Å². The van der Waals surface area contributed by atoms with Crippen molar-refractivity contribution in [3.8, 4) is 0 Å². The monoisotopic (exact) mass is 400 g/mol. The molecule has 1 heterocycles. The van der Waals surface area contributed by atoms with Crippen LogP contribution in [0.4, 0.5) is 20.2 Å². The summed E-state index contributed by atoms with van der Waals surface area (Å²) in [5.41, 5.74) is 2.51. The molecule has 0 bridgehead atoms. The van der Waals surface area contributed by atoms with Gasteiger partial charge in [0.1, 0.15) is 5.82 Å². The predicted molar refractivity (Wildman–Crippen MR) is 106 cm³/mol. The molecule has 3 rings (SSSR count). The Bertz CT molecular complexity index is 951. The summed E-state index contributed by atoms with van der Waals surface area (Å²) in [5, 5.41) is 6.00. The number of benzene rings is 2. The van der Waals surface area contributed by atoms with E-state index in [1.54, 1.807) is 61.7 Å². The van der Waals surface area contributed by atoms with Crippen LogP contribution in [0.5, 0.6) is 0 Å². The summed E-state index contributed by atoms with van der Waals surface area (Å²) in [6.45, 7) is 2.08. The first-order valence-corrected chi connectivity index (χ1v) is 9.37. The van der Waals surface area contributed by atoms with E-state index in [0.717, 1.165) is 5.69 Å². The highest BCUT2D eigenvalue weighted by Crippen LogP contribution is 2.27. The smallest absolute Gasteiger partial charge is 0.288 e. The number of amides is 1. The van der Waals surface area contributed by atoms with Crippen LogP contribution in [-0.4, -0.2) is 21.6 Å². The number of aryl methyl sites for hydroxylation is 1. The number of para-hydroxylation sites is 1. The summed E-state index contributed by atoms with van der Waals surface area (Å²) in [7, 11) is 0. The molecular weight excluding hydrogens is 382 g/mol. The number of nitrogens with zero attached hydrogens (tertiary/aromatic N) is 2. The minimum Gasteiger partial charge on any atom is -0.355 e. The molecule has 0 atom stereocenters. The lowest BCUT2D eigenvalue weighted by Crippen LogP contribution is -2.24. The minimum absolute atomic E-state index is 0.246. The summed E-state index contributed by atoms with van der Waals surface area (Å²) in [5.74, 6) is -2.06. The van der Waals surface area contributed by atoms with Gasteiger partial charge in [-0.3, -0.25) is 4.79 Å². The van der Waals surface area contributed by atoms with Crippen LogP contribution in [0, 0.1) is 6.92 Å². The molecule has 1 aromatic heterocycles. The van der Waals surface area contributed by atoms with Crippen molar-refractivity contribution in [3.63, 3.8) is 0 Å². The number of nitrogens with one attached hydrogen (secondary N) is 2. The Balaban J connectivity index is 1.69. The summed E-state index contributed by atoms with van der Waals surface area (Å²) in [6.07, 6.45) is 1.65. The summed E-state index contributed by atoms with van der Waals surface area (Å²) in [4.78, 5) is 21.4. The molecule has 0 unspecified atom stereocenters. The number of halogens is 2. The van der Waals surface area contributed by atoms with E-state index >= 15 is 0 Å². The lowest BCUT2D eigenvalue weighted by atomic mass is 10.1. The van der Waals surface area contributed by atoms with Crippen molar-refractivity contribution in [2.45, 2.75) is 24.1 Å². The van der Waals surface area contributed by atoms with Gasteiger partial charge in [0.25, 0.3) is 11.7 Å². The van der Waals surface area contributed by atoms with Crippen molar-refractivity contribution in [2.75, 3.05) is 5.32 Å². The highest BCUT2D eigenvalue weighted by Gasteiger charge is 2.12. The molecule has 1 amide bonds. The van der Waals surface area contributed by atoms with Crippen molar-refractivity contribution >= 4 is 29.0 Å². The van der Waals surface area contributed by atoms with Gasteiger partial charge in [0, 0.05) is 16.8 Å². The molecule has 8 heteroatoms. The van der Waals surface area contributed by atoms with E-state index in [1.165, 1.54) is 0 Å². The predicted octanol–water partition coefficient (Wildman–Crippen LogP) is 4.77. The normalized spacial score (nSPS) is 10.7. The number of rotatable bonds is 7. The van der Waals surface area contributed by atoms with Gasteiger partial charge in [-0.2, -0.15) is 8.78 Å². The van der Waals surface area contributed by atoms with Gasteiger partial charge in [-0.1, -0.05) is 23.9 Å². The summed E-state index contributed by atoms with van der Waals surface area (Å²) >= 11 is 0.491. The van der Waals surface area contributed by atoms with Gasteiger partial charge in [0.05, 0.1) is 23.5 Å². The molecule has 0 saturated carbocycles. The summed E-state index contributed by atoms with van der Waals surface area (Å²) in [6, 6.07) is 15.4. The van der Waals surface area contributed by atoms with Crippen molar-refractivity contribution in [2.24, 2.45) is 0 Å². The maximum Gasteiger partial charge on any atom is 0.288 e. The minimum atomic E-state index is -2.46. The molecule has 28 heavy (non-hydrogen) atoms. The molecule has 0 fully saturated rings. The number of carbonyl (C=O) groups excluding carboxylic acids is 1. The Morgan fingerprint density at radius 2 is 1.86 bits per heavy atom. The van der Waals surface area contributed by atoms with Crippen LogP contribution in [-0.2, 0) is 6.54 Å². The van der Waals surface area contributed by atoms with Crippen LogP contribution in [0.15, 0.2) is 65.7 Å². The van der Waals surface area contributed by atoms with Crippen LogP contribution < -0.4 is 10.6 Å². The maximum absolute atomic E-state index is 12.6. The van der Waals surface area contributed by atoms with Crippen LogP contribution >= 0.6 is 11.8 Å². The third-order valence-corrected chi connectivity index (χ3v) is 4.52. The van der Waals surface area contributed by atoms with E-state index in [4.69, 9.17) is 0 Å². The summed E-state index contributed by atoms with van der Waals surface area (Å²) < 4.78 is 24.8. The first-order valence-electron chi connectivity index (χ1n) is 8.49. The zero-order valence-corrected chi connectivity index (χ0v) is 15.8. The molecule has 0 saturated heterocycles. The number of thioether (sulfide) groups is 1. The van der Waals surface area contributed by atoms with Gasteiger partial charge in [0.2, 0.25) is 0 Å². The van der Waals surface area contributed by atoms with Crippen molar-refractivity contribution in [1.29, 1.82) is 0 Å². The van der Waals surface area contributed by atoms with Gasteiger partial charge in [-0.25, -0.2) is 9.97 Å². The zero-order chi connectivity index (χ0) is 19.9. The standard InChI is InChI=1S/C20H18F2N4OS/c1-13-23-11-10-15(25-13)12-24-19(27)17-4-2-3-5-18(17)26-14-6-8-16(9-7-14)28-20(21)22/h2-11,20,26H,12H2,1H3,(H,24,27). The average molecular weight is 400 g/mol. The number of hydrogen-bond acceptors (Lipinski definition) is 5. The second kappa shape index (κ2) is 9.27. The SMILES string of the molecule is Cc1nccc(CNC(=O)c2ccccc2Nc2ccc(SC(F)F)cc2)n1. The van der Waals surface area contributed by atoms with E-state index in [2.05, 4.69) is 20.6 Å². The molecule has 0 radical (unpaired) electrons. The molecule has 5 nitrogen and oxygen atoms in total. The van der Waals surface area contributed by atoms with Crippen LogP contribution in [0.1, 0.15) is 21.9 Å². The van der Waals surface area contributed by atoms with Crippen molar-refractivity contribution in [3.05, 3.63) is 77.9 Å². The number of alkyl halides is 2. The average Bonchev–Trinajstić information content (AvgIpc) is 2.68. The molecule has 0 spiro atoms. The quantitative estimate of drug-likeness (QED) is 0.559. The molecule has 144 valence electrons. The lowest BCUT2D eigenvalue weighted by Gasteiger charge is -2.13.